The molecule has 5 nitrogen and oxygen atoms in total. The number of anilines is 2. The maximum absolute atomic E-state index is 9.35. The summed E-state index contributed by atoms with van der Waals surface area (Å²) >= 11 is 0. The summed E-state index contributed by atoms with van der Waals surface area (Å²) in [4.78, 5) is 4.33. The van der Waals surface area contributed by atoms with Gasteiger partial charge in [0.1, 0.15) is 11.6 Å². The number of rotatable bonds is 4. The Bertz CT molecular complexity index is 358. The summed E-state index contributed by atoms with van der Waals surface area (Å²) in [7, 11) is 0. The molecule has 2 atom stereocenters. The summed E-state index contributed by atoms with van der Waals surface area (Å²) < 4.78 is 0. The van der Waals surface area contributed by atoms with Gasteiger partial charge in [-0.15, -0.1) is 0 Å². The molecule has 0 radical (unpaired) electrons. The second-order valence-corrected chi connectivity index (χ2v) is 4.53. The van der Waals surface area contributed by atoms with Crippen LogP contribution < -0.4 is 16.6 Å². The Morgan fingerprint density at radius 2 is 2.06 bits per heavy atom. The van der Waals surface area contributed by atoms with Crippen molar-refractivity contribution in [2.24, 2.45) is 11.8 Å². The highest BCUT2D eigenvalue weighted by atomic mass is 16.3. The molecule has 0 aromatic carbocycles. The van der Waals surface area contributed by atoms with Crippen molar-refractivity contribution in [3.63, 3.8) is 0 Å². The lowest BCUT2D eigenvalue weighted by Crippen LogP contribution is -2.34. The van der Waals surface area contributed by atoms with Crippen LogP contribution in [-0.4, -0.2) is 22.7 Å². The molecule has 2 unspecified atom stereocenters. The van der Waals surface area contributed by atoms with Gasteiger partial charge in [-0.2, -0.15) is 0 Å². The number of nitrogen functional groups attached to an aromatic ring is 1. The summed E-state index contributed by atoms with van der Waals surface area (Å²) in [5, 5.41) is 12.7. The van der Waals surface area contributed by atoms with Gasteiger partial charge in [0, 0.05) is 18.6 Å². The first-order chi connectivity index (χ1) is 8.33. The molecule has 5 heteroatoms. The van der Waals surface area contributed by atoms with Crippen LogP contribution in [0.15, 0.2) is 18.2 Å². The summed E-state index contributed by atoms with van der Waals surface area (Å²) in [6.07, 6.45) is 4.60. The zero-order chi connectivity index (χ0) is 12.1. The first-order valence-corrected chi connectivity index (χ1v) is 6.14. The van der Waals surface area contributed by atoms with Crippen molar-refractivity contribution in [3.05, 3.63) is 18.2 Å². The van der Waals surface area contributed by atoms with E-state index in [2.05, 4.69) is 15.7 Å². The van der Waals surface area contributed by atoms with Gasteiger partial charge >= 0.3 is 0 Å². The first-order valence-electron chi connectivity index (χ1n) is 6.14. The maximum Gasteiger partial charge on any atom is 0.142 e. The molecule has 1 saturated carbocycles. The quantitative estimate of drug-likeness (QED) is 0.468. The summed E-state index contributed by atoms with van der Waals surface area (Å²) in [5.41, 5.74) is 2.53. The van der Waals surface area contributed by atoms with Crippen molar-refractivity contribution < 1.29 is 5.11 Å². The SMILES string of the molecule is NNc1cccc(NC2CCCCC2CO)n1. The minimum atomic E-state index is 0.243. The van der Waals surface area contributed by atoms with Gasteiger partial charge in [0.15, 0.2) is 0 Å². The fourth-order valence-corrected chi connectivity index (χ4v) is 2.40. The highest BCUT2D eigenvalue weighted by Gasteiger charge is 2.24. The average Bonchev–Trinajstić information content (AvgIpc) is 2.39. The van der Waals surface area contributed by atoms with Crippen molar-refractivity contribution >= 4 is 11.6 Å². The molecule has 0 amide bonds. The number of pyridine rings is 1. The molecular weight excluding hydrogens is 216 g/mol. The largest absolute Gasteiger partial charge is 0.396 e. The molecule has 1 fully saturated rings. The molecule has 0 saturated heterocycles. The standard InChI is InChI=1S/C12H20N4O/c13-16-12-7-3-6-11(15-12)14-10-5-2-1-4-9(10)8-17/h3,6-7,9-10,17H,1-2,4-5,8,13H2,(H2,14,15,16). The van der Waals surface area contributed by atoms with E-state index in [1.54, 1.807) is 0 Å². The number of hydrogen-bond donors (Lipinski definition) is 4. The van der Waals surface area contributed by atoms with Crippen LogP contribution >= 0.6 is 0 Å². The predicted molar refractivity (Wildman–Crippen MR) is 68.5 cm³/mol. The van der Waals surface area contributed by atoms with E-state index >= 15 is 0 Å². The lowest BCUT2D eigenvalue weighted by Gasteiger charge is -2.31. The molecule has 1 aliphatic carbocycles. The number of nitrogens with zero attached hydrogens (tertiary/aromatic N) is 1. The molecule has 5 N–H and O–H groups in total. The first kappa shape index (κ1) is 12.1. The highest BCUT2D eigenvalue weighted by molar-refractivity contribution is 5.45. The summed E-state index contributed by atoms with van der Waals surface area (Å²) in [6.45, 7) is 0.243. The van der Waals surface area contributed by atoms with E-state index in [0.29, 0.717) is 17.8 Å². The number of aliphatic hydroxyl groups is 1. The van der Waals surface area contributed by atoms with Gasteiger partial charge in [0.2, 0.25) is 0 Å². The Hall–Kier alpha value is -1.33. The molecule has 1 heterocycles. The predicted octanol–water partition coefficient (Wildman–Crippen LogP) is 1.33. The zero-order valence-electron chi connectivity index (χ0n) is 9.89. The third-order valence-electron chi connectivity index (χ3n) is 3.37. The van der Waals surface area contributed by atoms with Crippen LogP contribution in [0.2, 0.25) is 0 Å². The zero-order valence-corrected chi connectivity index (χ0v) is 9.89. The Morgan fingerprint density at radius 1 is 1.29 bits per heavy atom. The summed E-state index contributed by atoms with van der Waals surface area (Å²) in [5.74, 6) is 7.11. The van der Waals surface area contributed by atoms with Crippen molar-refractivity contribution in [3.8, 4) is 0 Å². The van der Waals surface area contributed by atoms with E-state index in [-0.39, 0.29) is 6.61 Å². The Balaban J connectivity index is 2.02. The summed E-state index contributed by atoms with van der Waals surface area (Å²) in [6, 6.07) is 5.95. The van der Waals surface area contributed by atoms with Crippen LogP contribution in [0.3, 0.4) is 0 Å². The van der Waals surface area contributed by atoms with E-state index in [9.17, 15) is 5.11 Å². The maximum atomic E-state index is 9.35. The molecule has 1 aliphatic rings. The van der Waals surface area contributed by atoms with Crippen LogP contribution in [0.5, 0.6) is 0 Å². The van der Waals surface area contributed by atoms with E-state index in [4.69, 9.17) is 5.84 Å². The second-order valence-electron chi connectivity index (χ2n) is 4.53. The third-order valence-corrected chi connectivity index (χ3v) is 3.37. The van der Waals surface area contributed by atoms with Gasteiger partial charge in [-0.3, -0.25) is 0 Å². The molecule has 94 valence electrons. The van der Waals surface area contributed by atoms with Gasteiger partial charge in [-0.1, -0.05) is 18.9 Å². The van der Waals surface area contributed by atoms with Crippen molar-refractivity contribution in [1.82, 2.24) is 4.98 Å². The molecule has 17 heavy (non-hydrogen) atoms. The molecule has 1 aromatic heterocycles. The fraction of sp³-hybridized carbons (Fsp3) is 0.583. The number of hydrazine groups is 1. The van der Waals surface area contributed by atoms with Crippen LogP contribution in [-0.2, 0) is 0 Å². The third kappa shape index (κ3) is 3.08. The van der Waals surface area contributed by atoms with Crippen molar-refractivity contribution in [2.45, 2.75) is 31.7 Å². The monoisotopic (exact) mass is 236 g/mol. The Morgan fingerprint density at radius 3 is 2.82 bits per heavy atom. The minimum Gasteiger partial charge on any atom is -0.396 e. The van der Waals surface area contributed by atoms with Gasteiger partial charge < -0.3 is 15.8 Å². The molecule has 0 spiro atoms. The molecule has 0 bridgehead atoms. The highest BCUT2D eigenvalue weighted by Crippen LogP contribution is 2.26. The normalized spacial score (nSPS) is 24.4. The van der Waals surface area contributed by atoms with Crippen molar-refractivity contribution in [1.29, 1.82) is 0 Å². The molecule has 0 aliphatic heterocycles. The van der Waals surface area contributed by atoms with Crippen LogP contribution in [0.1, 0.15) is 25.7 Å². The molecule has 1 aromatic rings. The number of nitrogens with one attached hydrogen (secondary N) is 2. The lowest BCUT2D eigenvalue weighted by molar-refractivity contribution is 0.178. The second kappa shape index (κ2) is 5.84. The lowest BCUT2D eigenvalue weighted by atomic mass is 9.85. The van der Waals surface area contributed by atoms with E-state index in [1.807, 2.05) is 18.2 Å². The topological polar surface area (TPSA) is 83.2 Å². The van der Waals surface area contributed by atoms with E-state index < -0.39 is 0 Å². The molecule has 2 rings (SSSR count). The number of hydrogen-bond acceptors (Lipinski definition) is 5. The van der Waals surface area contributed by atoms with Crippen LogP contribution in [0.4, 0.5) is 11.6 Å². The van der Waals surface area contributed by atoms with Gasteiger partial charge in [-0.05, 0) is 25.0 Å². The van der Waals surface area contributed by atoms with Crippen LogP contribution in [0, 0.1) is 5.92 Å². The van der Waals surface area contributed by atoms with Crippen molar-refractivity contribution in [2.75, 3.05) is 17.3 Å². The Kier molecular flexibility index (Phi) is 4.17. The average molecular weight is 236 g/mol. The minimum absolute atomic E-state index is 0.243. The fourth-order valence-electron chi connectivity index (χ4n) is 2.40. The van der Waals surface area contributed by atoms with Gasteiger partial charge in [0.25, 0.3) is 0 Å². The van der Waals surface area contributed by atoms with E-state index in [0.717, 1.165) is 18.7 Å². The van der Waals surface area contributed by atoms with E-state index in [1.165, 1.54) is 12.8 Å². The van der Waals surface area contributed by atoms with Gasteiger partial charge in [0.05, 0.1) is 0 Å². The number of aliphatic hydroxyl groups excluding tert-OH is 1. The van der Waals surface area contributed by atoms with Crippen LogP contribution in [0.25, 0.3) is 0 Å². The molecular formula is C12H20N4O. The number of aromatic nitrogens is 1. The smallest absolute Gasteiger partial charge is 0.142 e. The number of nitrogens with two attached hydrogens (primary N) is 1. The Labute approximate surface area is 101 Å². The van der Waals surface area contributed by atoms with Gasteiger partial charge in [-0.25, -0.2) is 10.8 Å².